The highest BCUT2D eigenvalue weighted by Gasteiger charge is 2.41. The van der Waals surface area contributed by atoms with Crippen LogP contribution in [0.1, 0.15) is 40.0 Å². The second-order valence-electron chi connectivity index (χ2n) is 5.04. The summed E-state index contributed by atoms with van der Waals surface area (Å²) in [5, 5.41) is -0.711. The van der Waals surface area contributed by atoms with Crippen LogP contribution in [0.2, 0.25) is 0 Å². The number of rotatable bonds is 7. The lowest BCUT2D eigenvalue weighted by Gasteiger charge is -2.27. The van der Waals surface area contributed by atoms with Crippen molar-refractivity contribution < 1.29 is 8.42 Å². The maximum Gasteiger partial charge on any atom is 0.223 e. The Morgan fingerprint density at radius 1 is 1.47 bits per heavy atom. The van der Waals surface area contributed by atoms with Gasteiger partial charge < -0.3 is 5.73 Å². The fourth-order valence-corrected chi connectivity index (χ4v) is 4.61. The van der Waals surface area contributed by atoms with E-state index in [1.165, 1.54) is 0 Å². The molecule has 0 amide bonds. The van der Waals surface area contributed by atoms with Crippen molar-refractivity contribution in [2.75, 3.05) is 6.54 Å². The fraction of sp³-hybridized carbons (Fsp3) is 0.909. The zero-order valence-corrected chi connectivity index (χ0v) is 12.4. The molecule has 0 spiro atoms. The van der Waals surface area contributed by atoms with Gasteiger partial charge in [0.2, 0.25) is 10.0 Å². The number of hydrogen-bond donors (Lipinski definition) is 1. The highest BCUT2D eigenvalue weighted by atomic mass is 32.2. The van der Waals surface area contributed by atoms with Crippen LogP contribution in [-0.2, 0) is 10.0 Å². The Morgan fingerprint density at radius 2 is 2.00 bits per heavy atom. The number of hydrogen-bond acceptors (Lipinski definition) is 3. The molecule has 0 saturated heterocycles. The van der Waals surface area contributed by atoms with Gasteiger partial charge in [0.05, 0.1) is 4.99 Å². The van der Waals surface area contributed by atoms with Crippen LogP contribution in [0.4, 0.5) is 0 Å². The largest absolute Gasteiger partial charge is 0.392 e. The molecule has 1 fully saturated rings. The van der Waals surface area contributed by atoms with Crippen molar-refractivity contribution in [3.63, 3.8) is 0 Å². The van der Waals surface area contributed by atoms with Gasteiger partial charge in [-0.1, -0.05) is 33.0 Å². The summed E-state index contributed by atoms with van der Waals surface area (Å²) in [5.74, 6) is 0.314. The van der Waals surface area contributed by atoms with E-state index in [1.54, 1.807) is 4.31 Å². The molecule has 1 aliphatic carbocycles. The van der Waals surface area contributed by atoms with Crippen LogP contribution in [-0.4, -0.2) is 35.5 Å². The zero-order valence-electron chi connectivity index (χ0n) is 10.7. The lowest BCUT2D eigenvalue weighted by molar-refractivity contribution is 0.358. The monoisotopic (exact) mass is 278 g/mol. The molecule has 0 radical (unpaired) electrons. The summed E-state index contributed by atoms with van der Waals surface area (Å²) >= 11 is 4.88. The van der Waals surface area contributed by atoms with Crippen LogP contribution in [0, 0.1) is 5.92 Å². The van der Waals surface area contributed by atoms with E-state index in [4.69, 9.17) is 18.0 Å². The molecule has 100 valence electrons. The van der Waals surface area contributed by atoms with E-state index in [0.29, 0.717) is 18.9 Å². The molecule has 0 bridgehead atoms. The lowest BCUT2D eigenvalue weighted by atomic mass is 10.2. The zero-order chi connectivity index (χ0) is 13.2. The van der Waals surface area contributed by atoms with Gasteiger partial charge in [-0.25, -0.2) is 8.42 Å². The highest BCUT2D eigenvalue weighted by molar-refractivity contribution is 7.92. The second-order valence-corrected chi connectivity index (χ2v) is 7.58. The predicted octanol–water partition coefficient (Wildman–Crippen LogP) is 1.50. The molecule has 0 aromatic carbocycles. The highest BCUT2D eigenvalue weighted by Crippen LogP contribution is 2.32. The van der Waals surface area contributed by atoms with Gasteiger partial charge in [0, 0.05) is 12.6 Å². The van der Waals surface area contributed by atoms with Crippen LogP contribution in [0.5, 0.6) is 0 Å². The van der Waals surface area contributed by atoms with Crippen LogP contribution in [0.15, 0.2) is 0 Å². The third kappa shape index (κ3) is 3.63. The molecule has 1 rings (SSSR count). The first-order valence-electron chi connectivity index (χ1n) is 6.10. The topological polar surface area (TPSA) is 63.4 Å². The van der Waals surface area contributed by atoms with Crippen LogP contribution < -0.4 is 5.73 Å². The van der Waals surface area contributed by atoms with E-state index in [9.17, 15) is 8.42 Å². The van der Waals surface area contributed by atoms with E-state index in [-0.39, 0.29) is 11.0 Å². The van der Waals surface area contributed by atoms with Crippen molar-refractivity contribution in [3.8, 4) is 0 Å². The minimum atomic E-state index is -3.38. The van der Waals surface area contributed by atoms with Crippen molar-refractivity contribution in [2.24, 2.45) is 11.7 Å². The van der Waals surface area contributed by atoms with Crippen molar-refractivity contribution in [2.45, 2.75) is 51.3 Å². The van der Waals surface area contributed by atoms with E-state index in [2.05, 4.69) is 0 Å². The number of nitrogens with two attached hydrogens (primary N) is 1. The van der Waals surface area contributed by atoms with Crippen molar-refractivity contribution in [1.82, 2.24) is 4.31 Å². The van der Waals surface area contributed by atoms with Gasteiger partial charge in [-0.3, -0.25) is 0 Å². The van der Waals surface area contributed by atoms with Gasteiger partial charge in [-0.2, -0.15) is 4.31 Å². The standard InChI is InChI=1S/C11H22N2O2S2/c1-4-10(11(12)16)17(14,15)13(7-8(2)3)9-5-6-9/h8-10H,4-7H2,1-3H3,(H2,12,16). The molecule has 6 heteroatoms. The average Bonchev–Trinajstić information content (AvgIpc) is 2.96. The lowest BCUT2D eigenvalue weighted by Crippen LogP contribution is -2.46. The Bertz CT molecular complexity index is 375. The molecule has 0 aliphatic heterocycles. The number of thiocarbonyl (C=S) groups is 1. The van der Waals surface area contributed by atoms with Gasteiger partial charge in [-0.05, 0) is 25.2 Å². The van der Waals surface area contributed by atoms with Crippen LogP contribution in [0.25, 0.3) is 0 Å². The SMILES string of the molecule is CCC(C(N)=S)S(=O)(=O)N(CC(C)C)C1CC1. The number of nitrogens with zero attached hydrogens (tertiary/aromatic N) is 1. The summed E-state index contributed by atoms with van der Waals surface area (Å²) in [4.78, 5) is 0.0851. The third-order valence-electron chi connectivity index (χ3n) is 2.87. The molecular weight excluding hydrogens is 256 g/mol. The summed E-state index contributed by atoms with van der Waals surface area (Å²) in [6, 6.07) is 0.172. The summed E-state index contributed by atoms with van der Waals surface area (Å²) in [7, 11) is -3.38. The summed E-state index contributed by atoms with van der Waals surface area (Å²) < 4.78 is 26.6. The van der Waals surface area contributed by atoms with Gasteiger partial charge in [0.25, 0.3) is 0 Å². The molecule has 1 atom stereocenters. The molecule has 0 aromatic rings. The minimum Gasteiger partial charge on any atom is -0.392 e. The summed E-state index contributed by atoms with van der Waals surface area (Å²) in [6.07, 6.45) is 2.36. The first kappa shape index (κ1) is 14.9. The van der Waals surface area contributed by atoms with Crippen LogP contribution in [0.3, 0.4) is 0 Å². The first-order chi connectivity index (χ1) is 7.80. The molecule has 0 heterocycles. The molecule has 2 N–H and O–H groups in total. The average molecular weight is 278 g/mol. The van der Waals surface area contributed by atoms with Crippen molar-refractivity contribution >= 4 is 27.2 Å². The Labute approximate surface area is 110 Å². The molecular formula is C11H22N2O2S2. The molecule has 1 unspecified atom stereocenters. The van der Waals surface area contributed by atoms with E-state index >= 15 is 0 Å². The second kappa shape index (κ2) is 5.63. The van der Waals surface area contributed by atoms with Gasteiger partial charge in [-0.15, -0.1) is 0 Å². The van der Waals surface area contributed by atoms with Crippen molar-refractivity contribution in [1.29, 1.82) is 0 Å². The van der Waals surface area contributed by atoms with Gasteiger partial charge in [0.15, 0.2) is 0 Å². The Hall–Kier alpha value is -0.200. The van der Waals surface area contributed by atoms with E-state index in [1.807, 2.05) is 20.8 Å². The maximum absolute atomic E-state index is 12.5. The van der Waals surface area contributed by atoms with Gasteiger partial charge in [0.1, 0.15) is 5.25 Å². The molecule has 0 aromatic heterocycles. The van der Waals surface area contributed by atoms with E-state index < -0.39 is 15.3 Å². The quantitative estimate of drug-likeness (QED) is 0.717. The summed E-state index contributed by atoms with van der Waals surface area (Å²) in [6.45, 7) is 6.41. The Balaban J connectivity index is 2.94. The normalized spacial score (nSPS) is 18.6. The Morgan fingerprint density at radius 3 is 2.29 bits per heavy atom. The smallest absolute Gasteiger partial charge is 0.223 e. The fourth-order valence-electron chi connectivity index (χ4n) is 1.91. The molecule has 17 heavy (non-hydrogen) atoms. The molecule has 1 aliphatic rings. The third-order valence-corrected chi connectivity index (χ3v) is 5.71. The predicted molar refractivity (Wildman–Crippen MR) is 74.4 cm³/mol. The molecule has 4 nitrogen and oxygen atoms in total. The summed E-state index contributed by atoms with van der Waals surface area (Å²) in [5.41, 5.74) is 5.55. The van der Waals surface area contributed by atoms with E-state index in [0.717, 1.165) is 12.8 Å². The van der Waals surface area contributed by atoms with Gasteiger partial charge >= 0.3 is 0 Å². The number of sulfonamides is 1. The first-order valence-corrected chi connectivity index (χ1v) is 8.01. The minimum absolute atomic E-state index is 0.0851. The maximum atomic E-state index is 12.5. The molecule has 1 saturated carbocycles. The van der Waals surface area contributed by atoms with Crippen molar-refractivity contribution in [3.05, 3.63) is 0 Å². The van der Waals surface area contributed by atoms with Crippen LogP contribution >= 0.6 is 12.2 Å². The Kier molecular flexibility index (Phi) is 4.92.